The van der Waals surface area contributed by atoms with E-state index < -0.39 is 22.5 Å². The Kier molecular flexibility index (Phi) is 6.97. The Hall–Kier alpha value is -3.03. The third-order valence-electron chi connectivity index (χ3n) is 4.16. The maximum atomic E-state index is 13.3. The topological polar surface area (TPSA) is 75.7 Å². The quantitative estimate of drug-likeness (QED) is 0.552. The van der Waals surface area contributed by atoms with E-state index in [9.17, 15) is 13.2 Å². The third kappa shape index (κ3) is 5.31. The Balaban J connectivity index is 1.89. The van der Waals surface area contributed by atoms with E-state index in [1.165, 1.54) is 12.1 Å². The van der Waals surface area contributed by atoms with Crippen LogP contribution in [0.4, 0.5) is 11.4 Å². The summed E-state index contributed by atoms with van der Waals surface area (Å²) in [5.74, 6) is 0.0806. The van der Waals surface area contributed by atoms with Crippen molar-refractivity contribution in [3.05, 3.63) is 83.9 Å². The van der Waals surface area contributed by atoms with E-state index in [1.807, 2.05) is 6.92 Å². The van der Waals surface area contributed by atoms with Gasteiger partial charge >= 0.3 is 0 Å². The first-order valence-electron chi connectivity index (χ1n) is 9.26. The molecule has 0 aromatic heterocycles. The predicted octanol–water partition coefficient (Wildman–Crippen LogP) is 4.57. The number of amides is 1. The van der Waals surface area contributed by atoms with Crippen molar-refractivity contribution >= 4 is 38.9 Å². The lowest BCUT2D eigenvalue weighted by Gasteiger charge is -2.24. The number of ether oxygens (including phenoxy) is 1. The van der Waals surface area contributed by atoms with Crippen LogP contribution in [0.3, 0.4) is 0 Å². The summed E-state index contributed by atoms with van der Waals surface area (Å²) in [7, 11) is -3.99. The fraction of sp³-hybridized carbons (Fsp3) is 0.136. The van der Waals surface area contributed by atoms with Crippen LogP contribution in [0.5, 0.6) is 5.75 Å². The summed E-state index contributed by atoms with van der Waals surface area (Å²) in [6, 6.07) is 21.2. The zero-order valence-electron chi connectivity index (χ0n) is 16.3. The Morgan fingerprint density at radius 1 is 1.00 bits per heavy atom. The van der Waals surface area contributed by atoms with Crippen molar-refractivity contribution in [2.24, 2.45) is 0 Å². The first-order valence-corrected chi connectivity index (χ1v) is 11.1. The van der Waals surface area contributed by atoms with Crippen LogP contribution in [0.2, 0.25) is 5.02 Å². The molecule has 0 heterocycles. The first kappa shape index (κ1) is 21.7. The highest BCUT2D eigenvalue weighted by Crippen LogP contribution is 2.25. The highest BCUT2D eigenvalue weighted by atomic mass is 35.5. The second-order valence-electron chi connectivity index (χ2n) is 6.31. The number of nitrogens with one attached hydrogen (secondary N) is 1. The standard InChI is InChI=1S/C22H21ClN2O4S/c1-2-29-20-11-13-21(14-12-20)30(27,28)25(19-9-4-3-5-10-19)16-22(26)24-18-8-6-7-17(23)15-18/h3-15H,2,16H2,1H3,(H,24,26). The molecule has 0 unspecified atom stereocenters. The summed E-state index contributed by atoms with van der Waals surface area (Å²) in [5, 5.41) is 3.15. The number of rotatable bonds is 8. The highest BCUT2D eigenvalue weighted by molar-refractivity contribution is 7.92. The largest absolute Gasteiger partial charge is 0.494 e. The number of halogens is 1. The van der Waals surface area contributed by atoms with E-state index in [1.54, 1.807) is 66.7 Å². The second-order valence-corrected chi connectivity index (χ2v) is 8.61. The van der Waals surface area contributed by atoms with E-state index in [-0.39, 0.29) is 4.90 Å². The van der Waals surface area contributed by atoms with Gasteiger partial charge in [0.15, 0.2) is 0 Å². The normalized spacial score (nSPS) is 11.0. The van der Waals surface area contributed by atoms with Crippen LogP contribution >= 0.6 is 11.6 Å². The van der Waals surface area contributed by atoms with Crippen LogP contribution in [-0.4, -0.2) is 27.5 Å². The van der Waals surface area contributed by atoms with Gasteiger partial charge in [-0.3, -0.25) is 9.10 Å². The van der Waals surface area contributed by atoms with Crippen LogP contribution in [0.25, 0.3) is 0 Å². The van der Waals surface area contributed by atoms with Crippen molar-refractivity contribution in [1.82, 2.24) is 0 Å². The molecule has 1 amide bonds. The fourth-order valence-corrected chi connectivity index (χ4v) is 4.42. The fourth-order valence-electron chi connectivity index (χ4n) is 2.81. The lowest BCUT2D eigenvalue weighted by molar-refractivity contribution is -0.114. The molecule has 0 aliphatic rings. The number of anilines is 2. The van der Waals surface area contributed by atoms with E-state index >= 15 is 0 Å². The minimum atomic E-state index is -3.99. The molecule has 0 saturated carbocycles. The van der Waals surface area contributed by atoms with E-state index in [0.29, 0.717) is 28.8 Å². The predicted molar refractivity (Wildman–Crippen MR) is 119 cm³/mol. The number of nitrogens with zero attached hydrogens (tertiary/aromatic N) is 1. The number of carbonyl (C=O) groups excluding carboxylic acids is 1. The summed E-state index contributed by atoms with van der Waals surface area (Å²) in [6.07, 6.45) is 0. The molecule has 0 fully saturated rings. The van der Waals surface area contributed by atoms with Gasteiger partial charge in [0.2, 0.25) is 5.91 Å². The maximum Gasteiger partial charge on any atom is 0.264 e. The van der Waals surface area contributed by atoms with E-state index in [0.717, 1.165) is 4.31 Å². The van der Waals surface area contributed by atoms with Gasteiger partial charge in [-0.2, -0.15) is 0 Å². The number of hydrogen-bond donors (Lipinski definition) is 1. The smallest absolute Gasteiger partial charge is 0.264 e. The third-order valence-corrected chi connectivity index (χ3v) is 6.19. The van der Waals surface area contributed by atoms with Crippen molar-refractivity contribution in [3.8, 4) is 5.75 Å². The van der Waals surface area contributed by atoms with Crippen molar-refractivity contribution in [1.29, 1.82) is 0 Å². The second kappa shape index (κ2) is 9.65. The Labute approximate surface area is 181 Å². The molecule has 0 saturated heterocycles. The number of carbonyl (C=O) groups is 1. The Bertz CT molecular complexity index is 1100. The molecule has 8 heteroatoms. The molecule has 0 atom stereocenters. The molecule has 156 valence electrons. The van der Waals surface area contributed by atoms with E-state index in [2.05, 4.69) is 5.32 Å². The first-order chi connectivity index (χ1) is 14.4. The van der Waals surface area contributed by atoms with Gasteiger partial charge in [-0.25, -0.2) is 8.42 Å². The van der Waals surface area contributed by atoms with Gasteiger partial charge in [0.05, 0.1) is 17.2 Å². The molecular formula is C22H21ClN2O4S. The summed E-state index contributed by atoms with van der Waals surface area (Å²) in [5.41, 5.74) is 0.867. The Morgan fingerprint density at radius 2 is 1.70 bits per heavy atom. The molecule has 1 N–H and O–H groups in total. The van der Waals surface area contributed by atoms with Gasteiger partial charge < -0.3 is 10.1 Å². The summed E-state index contributed by atoms with van der Waals surface area (Å²) >= 11 is 5.95. The van der Waals surface area contributed by atoms with Gasteiger partial charge in [-0.1, -0.05) is 35.9 Å². The molecule has 3 rings (SSSR count). The van der Waals surface area contributed by atoms with Crippen molar-refractivity contribution in [2.45, 2.75) is 11.8 Å². The molecule has 0 aliphatic heterocycles. The van der Waals surface area contributed by atoms with Crippen LogP contribution in [0.1, 0.15) is 6.92 Å². The van der Waals surface area contributed by atoms with Crippen LogP contribution in [0, 0.1) is 0 Å². The molecule has 30 heavy (non-hydrogen) atoms. The molecular weight excluding hydrogens is 424 g/mol. The number of hydrogen-bond acceptors (Lipinski definition) is 4. The van der Waals surface area contributed by atoms with Gasteiger partial charge in [0.25, 0.3) is 10.0 Å². The minimum absolute atomic E-state index is 0.0605. The van der Waals surface area contributed by atoms with Crippen molar-refractivity contribution in [3.63, 3.8) is 0 Å². The summed E-state index contributed by atoms with van der Waals surface area (Å²) < 4.78 is 33.1. The molecule has 6 nitrogen and oxygen atoms in total. The van der Waals surface area contributed by atoms with Gasteiger partial charge in [-0.15, -0.1) is 0 Å². The number of para-hydroxylation sites is 1. The lowest BCUT2D eigenvalue weighted by atomic mass is 10.3. The summed E-state index contributed by atoms with van der Waals surface area (Å²) in [6.45, 7) is 1.93. The number of benzene rings is 3. The van der Waals surface area contributed by atoms with Gasteiger partial charge in [0.1, 0.15) is 12.3 Å². The molecule has 0 radical (unpaired) electrons. The van der Waals surface area contributed by atoms with Crippen LogP contribution in [0.15, 0.2) is 83.8 Å². The monoisotopic (exact) mass is 444 g/mol. The zero-order valence-corrected chi connectivity index (χ0v) is 17.9. The number of sulfonamides is 1. The zero-order chi connectivity index (χ0) is 21.6. The van der Waals surface area contributed by atoms with E-state index in [4.69, 9.17) is 16.3 Å². The highest BCUT2D eigenvalue weighted by Gasteiger charge is 2.27. The average Bonchev–Trinajstić information content (AvgIpc) is 2.73. The van der Waals surface area contributed by atoms with Crippen LogP contribution in [-0.2, 0) is 14.8 Å². The molecule has 3 aromatic rings. The Morgan fingerprint density at radius 3 is 2.33 bits per heavy atom. The lowest BCUT2D eigenvalue weighted by Crippen LogP contribution is -2.38. The van der Waals surface area contributed by atoms with Crippen molar-refractivity contribution in [2.75, 3.05) is 22.8 Å². The average molecular weight is 445 g/mol. The maximum absolute atomic E-state index is 13.3. The van der Waals surface area contributed by atoms with Gasteiger partial charge in [-0.05, 0) is 61.5 Å². The SMILES string of the molecule is CCOc1ccc(S(=O)(=O)N(CC(=O)Nc2cccc(Cl)c2)c2ccccc2)cc1. The summed E-state index contributed by atoms with van der Waals surface area (Å²) in [4.78, 5) is 12.7. The molecule has 0 bridgehead atoms. The molecule has 0 aliphatic carbocycles. The van der Waals surface area contributed by atoms with Crippen LogP contribution < -0.4 is 14.4 Å². The van der Waals surface area contributed by atoms with Gasteiger partial charge in [0, 0.05) is 10.7 Å². The molecule has 0 spiro atoms. The van der Waals surface area contributed by atoms with Crippen molar-refractivity contribution < 1.29 is 17.9 Å². The molecule has 3 aromatic carbocycles. The minimum Gasteiger partial charge on any atom is -0.494 e.